The molecule has 0 aliphatic carbocycles. The highest BCUT2D eigenvalue weighted by molar-refractivity contribution is 9.10. The van der Waals surface area contributed by atoms with Gasteiger partial charge in [0.25, 0.3) is 11.8 Å². The first-order valence-electron chi connectivity index (χ1n) is 7.72. The maximum Gasteiger partial charge on any atom is 0.261 e. The van der Waals surface area contributed by atoms with Crippen molar-refractivity contribution in [2.24, 2.45) is 0 Å². The van der Waals surface area contributed by atoms with Gasteiger partial charge in [-0.05, 0) is 35.9 Å². The quantitative estimate of drug-likeness (QED) is 0.753. The maximum absolute atomic E-state index is 13.1. The zero-order valence-corrected chi connectivity index (χ0v) is 15.0. The smallest absolute Gasteiger partial charge is 0.261 e. The van der Waals surface area contributed by atoms with E-state index >= 15 is 0 Å². The maximum atomic E-state index is 13.1. The van der Waals surface area contributed by atoms with Crippen LogP contribution < -0.4 is 5.32 Å². The summed E-state index contributed by atoms with van der Waals surface area (Å²) in [7, 11) is 0. The average Bonchev–Trinajstić information content (AvgIpc) is 2.81. The minimum atomic E-state index is -0.730. The minimum absolute atomic E-state index is 0.0530. The number of rotatable bonds is 5. The highest BCUT2D eigenvalue weighted by Gasteiger charge is 2.35. The zero-order chi connectivity index (χ0) is 18.8. The number of imide groups is 1. The summed E-state index contributed by atoms with van der Waals surface area (Å²) < 4.78 is 26.9. The first-order valence-corrected chi connectivity index (χ1v) is 8.52. The molecule has 3 amide bonds. The second-order valence-corrected chi connectivity index (χ2v) is 6.67. The van der Waals surface area contributed by atoms with Crippen LogP contribution in [-0.4, -0.2) is 29.2 Å². The van der Waals surface area contributed by atoms with E-state index in [1.165, 1.54) is 0 Å². The summed E-state index contributed by atoms with van der Waals surface area (Å²) in [6.07, 6.45) is -0.107. The van der Waals surface area contributed by atoms with E-state index in [9.17, 15) is 23.2 Å². The molecule has 26 heavy (non-hydrogen) atoms. The highest BCUT2D eigenvalue weighted by atomic mass is 79.9. The largest absolute Gasteiger partial charge is 0.352 e. The van der Waals surface area contributed by atoms with Gasteiger partial charge in [0.2, 0.25) is 5.91 Å². The number of hydrogen-bond acceptors (Lipinski definition) is 3. The number of nitrogens with zero attached hydrogens (tertiary/aromatic N) is 1. The molecule has 0 aromatic heterocycles. The fraction of sp³-hybridized carbons (Fsp3) is 0.167. The van der Waals surface area contributed by atoms with Crippen LogP contribution in [0.15, 0.2) is 40.9 Å². The van der Waals surface area contributed by atoms with Gasteiger partial charge in [0, 0.05) is 30.0 Å². The molecular weight excluding hydrogens is 410 g/mol. The molecule has 2 aromatic carbocycles. The fourth-order valence-corrected chi connectivity index (χ4v) is 3.04. The van der Waals surface area contributed by atoms with Crippen molar-refractivity contribution in [1.82, 2.24) is 10.2 Å². The van der Waals surface area contributed by atoms with Crippen LogP contribution in [0.2, 0.25) is 0 Å². The van der Waals surface area contributed by atoms with Crippen molar-refractivity contribution in [3.05, 3.63) is 69.2 Å². The lowest BCUT2D eigenvalue weighted by Crippen LogP contribution is -2.34. The number of amides is 3. The molecule has 0 saturated heterocycles. The van der Waals surface area contributed by atoms with Crippen LogP contribution in [0.4, 0.5) is 8.78 Å². The topological polar surface area (TPSA) is 66.5 Å². The average molecular weight is 423 g/mol. The lowest BCUT2D eigenvalue weighted by atomic mass is 10.1. The molecule has 0 saturated carbocycles. The molecular formula is C18H13BrF2N2O3. The van der Waals surface area contributed by atoms with E-state index in [1.54, 1.807) is 18.2 Å². The summed E-state index contributed by atoms with van der Waals surface area (Å²) in [4.78, 5) is 37.5. The lowest BCUT2D eigenvalue weighted by molar-refractivity contribution is -0.121. The van der Waals surface area contributed by atoms with Crippen molar-refractivity contribution in [2.45, 2.75) is 13.0 Å². The van der Waals surface area contributed by atoms with E-state index in [2.05, 4.69) is 21.2 Å². The summed E-state index contributed by atoms with van der Waals surface area (Å²) >= 11 is 3.25. The molecule has 0 spiro atoms. The van der Waals surface area contributed by atoms with E-state index in [0.717, 1.165) is 23.1 Å². The van der Waals surface area contributed by atoms with Crippen LogP contribution in [-0.2, 0) is 11.3 Å². The van der Waals surface area contributed by atoms with Crippen molar-refractivity contribution in [3.63, 3.8) is 0 Å². The number of hydrogen-bond donors (Lipinski definition) is 1. The molecule has 0 atom stereocenters. The van der Waals surface area contributed by atoms with E-state index in [-0.39, 0.29) is 25.1 Å². The van der Waals surface area contributed by atoms with Crippen LogP contribution in [0.1, 0.15) is 32.7 Å². The second-order valence-electron chi connectivity index (χ2n) is 5.76. The Bertz CT molecular complexity index is 897. The Kier molecular flexibility index (Phi) is 5.13. The van der Waals surface area contributed by atoms with Gasteiger partial charge in [-0.2, -0.15) is 0 Å². The molecule has 0 fully saturated rings. The number of carbonyl (C=O) groups is 3. The highest BCUT2D eigenvalue weighted by Crippen LogP contribution is 2.26. The third kappa shape index (κ3) is 3.80. The predicted molar refractivity (Wildman–Crippen MR) is 92.3 cm³/mol. The van der Waals surface area contributed by atoms with E-state index in [4.69, 9.17) is 0 Å². The molecule has 1 N–H and O–H groups in total. The summed E-state index contributed by atoms with van der Waals surface area (Å²) in [5.41, 5.74) is 0.871. The standard InChI is InChI=1S/C18H13BrF2N2O3/c19-11-1-2-14-15(7-11)18(26)23(17(14)25)4-3-16(24)22-9-10-5-12(20)8-13(21)6-10/h1-2,5-8H,3-4,9H2,(H,22,24). The Balaban J connectivity index is 1.57. The third-order valence-electron chi connectivity index (χ3n) is 3.91. The molecule has 0 bridgehead atoms. The van der Waals surface area contributed by atoms with Gasteiger partial charge in [-0.3, -0.25) is 19.3 Å². The van der Waals surface area contributed by atoms with Crippen LogP contribution in [0.25, 0.3) is 0 Å². The Hall–Kier alpha value is -2.61. The molecule has 3 rings (SSSR count). The summed E-state index contributed by atoms with van der Waals surface area (Å²) in [6.45, 7) is -0.129. The molecule has 0 radical (unpaired) electrons. The van der Waals surface area contributed by atoms with Crippen molar-refractivity contribution in [3.8, 4) is 0 Å². The Morgan fingerprint density at radius 2 is 1.65 bits per heavy atom. The van der Waals surface area contributed by atoms with Crippen LogP contribution in [0.5, 0.6) is 0 Å². The molecule has 1 heterocycles. The van der Waals surface area contributed by atoms with Crippen LogP contribution in [0, 0.1) is 11.6 Å². The monoisotopic (exact) mass is 422 g/mol. The molecule has 8 heteroatoms. The molecule has 0 unspecified atom stereocenters. The van der Waals surface area contributed by atoms with Crippen molar-refractivity contribution in [2.75, 3.05) is 6.54 Å². The molecule has 2 aromatic rings. The Morgan fingerprint density at radius 1 is 1.00 bits per heavy atom. The lowest BCUT2D eigenvalue weighted by Gasteiger charge is -2.13. The van der Waals surface area contributed by atoms with E-state index in [0.29, 0.717) is 15.6 Å². The third-order valence-corrected chi connectivity index (χ3v) is 4.40. The van der Waals surface area contributed by atoms with Gasteiger partial charge >= 0.3 is 0 Å². The molecule has 1 aliphatic rings. The minimum Gasteiger partial charge on any atom is -0.352 e. The summed E-state index contributed by atoms with van der Waals surface area (Å²) in [6, 6.07) is 7.76. The van der Waals surface area contributed by atoms with Gasteiger partial charge in [0.15, 0.2) is 0 Å². The van der Waals surface area contributed by atoms with Gasteiger partial charge in [-0.1, -0.05) is 15.9 Å². The van der Waals surface area contributed by atoms with Gasteiger partial charge in [0.1, 0.15) is 11.6 Å². The van der Waals surface area contributed by atoms with Crippen LogP contribution >= 0.6 is 15.9 Å². The van der Waals surface area contributed by atoms with Crippen LogP contribution in [0.3, 0.4) is 0 Å². The van der Waals surface area contributed by atoms with Gasteiger partial charge in [0.05, 0.1) is 11.1 Å². The number of nitrogens with one attached hydrogen (secondary N) is 1. The van der Waals surface area contributed by atoms with Gasteiger partial charge in [-0.25, -0.2) is 8.78 Å². The predicted octanol–water partition coefficient (Wildman–Crippen LogP) is 3.03. The molecule has 5 nitrogen and oxygen atoms in total. The zero-order valence-electron chi connectivity index (χ0n) is 13.4. The summed E-state index contributed by atoms with van der Waals surface area (Å²) in [5, 5.41) is 2.51. The first-order chi connectivity index (χ1) is 12.3. The molecule has 1 aliphatic heterocycles. The van der Waals surface area contributed by atoms with Gasteiger partial charge < -0.3 is 5.32 Å². The van der Waals surface area contributed by atoms with Crippen molar-refractivity contribution < 1.29 is 23.2 Å². The Morgan fingerprint density at radius 3 is 2.35 bits per heavy atom. The van der Waals surface area contributed by atoms with E-state index < -0.39 is 29.4 Å². The Labute approximate surface area is 156 Å². The summed E-state index contributed by atoms with van der Waals surface area (Å²) in [5.74, 6) is -2.80. The fourth-order valence-electron chi connectivity index (χ4n) is 2.68. The SMILES string of the molecule is O=C(CCN1C(=O)c2ccc(Br)cc2C1=O)NCc1cc(F)cc(F)c1. The second kappa shape index (κ2) is 7.33. The number of fused-ring (bicyclic) bond motifs is 1. The first kappa shape index (κ1) is 18.2. The number of benzene rings is 2. The van der Waals surface area contributed by atoms with E-state index in [1.807, 2.05) is 0 Å². The number of carbonyl (C=O) groups excluding carboxylic acids is 3. The molecule has 134 valence electrons. The van der Waals surface area contributed by atoms with Gasteiger partial charge in [-0.15, -0.1) is 0 Å². The van der Waals surface area contributed by atoms with Crippen molar-refractivity contribution >= 4 is 33.7 Å². The normalized spacial score (nSPS) is 13.1. The van der Waals surface area contributed by atoms with Crippen molar-refractivity contribution in [1.29, 1.82) is 0 Å². The number of halogens is 3.